The van der Waals surface area contributed by atoms with Gasteiger partial charge < -0.3 is 0 Å². The van der Waals surface area contributed by atoms with E-state index in [0.29, 0.717) is 0 Å². The Bertz CT molecular complexity index is 84.4. The zero-order valence-electron chi connectivity index (χ0n) is 6.36. The highest BCUT2D eigenvalue weighted by Crippen LogP contribution is 2.02. The van der Waals surface area contributed by atoms with E-state index in [-0.39, 0.29) is 0 Å². The molecule has 1 heteroatoms. The summed E-state index contributed by atoms with van der Waals surface area (Å²) in [5, 5.41) is 0. The lowest BCUT2D eigenvalue weighted by molar-refractivity contribution is 1.38. The maximum atomic E-state index is 2.26. The van der Waals surface area contributed by atoms with Crippen molar-refractivity contribution in [3.8, 4) is 0 Å². The summed E-state index contributed by atoms with van der Waals surface area (Å²) in [6.45, 7) is 9.54. The molecule has 0 aliphatic carbocycles. The Labute approximate surface area is 53.1 Å². The van der Waals surface area contributed by atoms with Crippen LogP contribution >= 0.6 is 0 Å². The molecule has 0 aliphatic heterocycles. The second kappa shape index (κ2) is 3.76. The van der Waals surface area contributed by atoms with Gasteiger partial charge in [-0.2, -0.15) is 0 Å². The average Bonchev–Trinajstić information content (AvgIpc) is 1.84. The standard InChI is InChI=1S/C7H15B/c1-5-7(3)8(4)6-2/h5H,6H2,1-4H3/b7-5-. The molecule has 0 aromatic rings. The molecule has 0 fully saturated rings. The van der Waals surface area contributed by atoms with Crippen LogP contribution in [0.25, 0.3) is 0 Å². The Hall–Kier alpha value is -0.195. The van der Waals surface area contributed by atoms with E-state index in [2.05, 4.69) is 33.7 Å². The van der Waals surface area contributed by atoms with Gasteiger partial charge in [-0.1, -0.05) is 33.1 Å². The molecule has 0 nitrogen and oxygen atoms in total. The van der Waals surface area contributed by atoms with E-state index in [1.807, 2.05) is 0 Å². The highest BCUT2D eigenvalue weighted by Gasteiger charge is 2.02. The van der Waals surface area contributed by atoms with E-state index < -0.39 is 0 Å². The van der Waals surface area contributed by atoms with Gasteiger partial charge in [0.05, 0.1) is 0 Å². The average molecular weight is 110 g/mol. The Morgan fingerprint density at radius 2 is 2.12 bits per heavy atom. The van der Waals surface area contributed by atoms with Crippen LogP contribution < -0.4 is 0 Å². The first-order valence-electron chi connectivity index (χ1n) is 3.35. The molecule has 0 aromatic heterocycles. The summed E-state index contributed by atoms with van der Waals surface area (Å²) in [5.74, 6) is 0. The third kappa shape index (κ3) is 2.20. The fourth-order valence-corrected chi connectivity index (χ4v) is 0.606. The van der Waals surface area contributed by atoms with Crippen molar-refractivity contribution in [2.24, 2.45) is 0 Å². The van der Waals surface area contributed by atoms with Gasteiger partial charge in [0.1, 0.15) is 0 Å². The van der Waals surface area contributed by atoms with E-state index in [4.69, 9.17) is 0 Å². The molecule has 0 saturated heterocycles. The molecule has 0 atom stereocenters. The Morgan fingerprint density at radius 1 is 1.62 bits per heavy atom. The number of hydrogen-bond acceptors (Lipinski definition) is 0. The van der Waals surface area contributed by atoms with Gasteiger partial charge in [0, 0.05) is 0 Å². The molecule has 0 saturated carbocycles. The maximum Gasteiger partial charge on any atom is 0.166 e. The monoisotopic (exact) mass is 110 g/mol. The number of rotatable bonds is 2. The number of allylic oxidation sites excluding steroid dienone is 2. The molecule has 0 heterocycles. The summed E-state index contributed by atoms with van der Waals surface area (Å²) in [6, 6.07) is 0. The lowest BCUT2D eigenvalue weighted by atomic mass is 9.45. The zero-order valence-corrected chi connectivity index (χ0v) is 6.36. The van der Waals surface area contributed by atoms with E-state index in [9.17, 15) is 0 Å². The molecule has 0 spiro atoms. The van der Waals surface area contributed by atoms with Crippen molar-refractivity contribution in [3.63, 3.8) is 0 Å². The molecule has 0 bridgehead atoms. The topological polar surface area (TPSA) is 0 Å². The predicted octanol–water partition coefficient (Wildman–Crippen LogP) is 2.64. The minimum absolute atomic E-state index is 0.778. The first-order chi connectivity index (χ1) is 3.72. The van der Waals surface area contributed by atoms with Crippen LogP contribution in [0.3, 0.4) is 0 Å². The second-order valence-corrected chi connectivity index (χ2v) is 2.34. The lowest BCUT2D eigenvalue weighted by Gasteiger charge is -2.01. The Kier molecular flexibility index (Phi) is 3.67. The van der Waals surface area contributed by atoms with Gasteiger partial charge >= 0.3 is 0 Å². The Morgan fingerprint density at radius 3 is 2.25 bits per heavy atom. The summed E-state index contributed by atoms with van der Waals surface area (Å²) < 4.78 is 0. The van der Waals surface area contributed by atoms with Crippen LogP contribution in [0.4, 0.5) is 0 Å². The molecule has 0 aliphatic rings. The largest absolute Gasteiger partial charge is 0.166 e. The third-order valence-electron chi connectivity index (χ3n) is 1.85. The SMILES string of the molecule is C/C=C(/C)B(C)CC. The van der Waals surface area contributed by atoms with Gasteiger partial charge in [0.25, 0.3) is 0 Å². The second-order valence-electron chi connectivity index (χ2n) is 2.34. The minimum atomic E-state index is 0.778. The summed E-state index contributed by atoms with van der Waals surface area (Å²) in [7, 11) is 0. The van der Waals surface area contributed by atoms with Crippen molar-refractivity contribution in [1.82, 2.24) is 0 Å². The molecule has 46 valence electrons. The van der Waals surface area contributed by atoms with Gasteiger partial charge in [0.15, 0.2) is 6.71 Å². The van der Waals surface area contributed by atoms with E-state index in [1.54, 1.807) is 0 Å². The van der Waals surface area contributed by atoms with Crippen LogP contribution in [-0.4, -0.2) is 6.71 Å². The molecule has 0 radical (unpaired) electrons. The predicted molar refractivity (Wildman–Crippen MR) is 41.5 cm³/mol. The molecular weight excluding hydrogens is 94.9 g/mol. The van der Waals surface area contributed by atoms with Gasteiger partial charge in [-0.25, -0.2) is 0 Å². The normalized spacial score (nSPS) is 11.8. The molecule has 0 N–H and O–H groups in total. The third-order valence-corrected chi connectivity index (χ3v) is 1.85. The first-order valence-corrected chi connectivity index (χ1v) is 3.35. The maximum absolute atomic E-state index is 2.26. The summed E-state index contributed by atoms with van der Waals surface area (Å²) in [6.07, 6.45) is 3.45. The minimum Gasteiger partial charge on any atom is -0.109 e. The van der Waals surface area contributed by atoms with E-state index in [1.165, 1.54) is 11.8 Å². The summed E-state index contributed by atoms with van der Waals surface area (Å²) in [4.78, 5) is 0. The molecule has 0 unspecified atom stereocenters. The van der Waals surface area contributed by atoms with Crippen LogP contribution in [0, 0.1) is 0 Å². The van der Waals surface area contributed by atoms with Crippen molar-refractivity contribution < 1.29 is 0 Å². The fraction of sp³-hybridized carbons (Fsp3) is 0.714. The molecule has 0 rings (SSSR count). The highest BCUT2D eigenvalue weighted by atomic mass is 13.7. The van der Waals surface area contributed by atoms with Crippen LogP contribution in [0.15, 0.2) is 11.5 Å². The first kappa shape index (κ1) is 7.80. The van der Waals surface area contributed by atoms with Gasteiger partial charge in [-0.15, -0.1) is 5.47 Å². The van der Waals surface area contributed by atoms with Crippen molar-refractivity contribution in [3.05, 3.63) is 11.5 Å². The van der Waals surface area contributed by atoms with Gasteiger partial charge in [-0.05, 0) is 6.92 Å². The summed E-state index contributed by atoms with van der Waals surface area (Å²) >= 11 is 0. The van der Waals surface area contributed by atoms with Crippen LogP contribution in [0.1, 0.15) is 20.8 Å². The van der Waals surface area contributed by atoms with Gasteiger partial charge in [0.2, 0.25) is 0 Å². The van der Waals surface area contributed by atoms with E-state index in [0.717, 1.165) is 6.71 Å². The van der Waals surface area contributed by atoms with Crippen LogP contribution in [0.2, 0.25) is 13.1 Å². The van der Waals surface area contributed by atoms with Crippen molar-refractivity contribution in [1.29, 1.82) is 0 Å². The quantitative estimate of drug-likeness (QED) is 0.479. The van der Waals surface area contributed by atoms with Crippen molar-refractivity contribution in [2.75, 3.05) is 0 Å². The molecule has 0 amide bonds. The van der Waals surface area contributed by atoms with Crippen molar-refractivity contribution in [2.45, 2.75) is 33.9 Å². The summed E-state index contributed by atoms with van der Waals surface area (Å²) in [5.41, 5.74) is 1.51. The Balaban J connectivity index is 3.63. The van der Waals surface area contributed by atoms with Crippen molar-refractivity contribution >= 4 is 6.71 Å². The van der Waals surface area contributed by atoms with Crippen LogP contribution in [0.5, 0.6) is 0 Å². The zero-order chi connectivity index (χ0) is 6.57. The van der Waals surface area contributed by atoms with Crippen LogP contribution in [-0.2, 0) is 0 Å². The fourth-order valence-electron chi connectivity index (χ4n) is 0.606. The van der Waals surface area contributed by atoms with Gasteiger partial charge in [-0.3, -0.25) is 0 Å². The highest BCUT2D eigenvalue weighted by molar-refractivity contribution is 6.65. The lowest BCUT2D eigenvalue weighted by Crippen LogP contribution is -2.05. The molecule has 0 aromatic carbocycles. The van der Waals surface area contributed by atoms with E-state index >= 15 is 0 Å². The molecule has 8 heavy (non-hydrogen) atoms. The smallest absolute Gasteiger partial charge is 0.109 e. The molecular formula is C7H15B. The number of hydrogen-bond donors (Lipinski definition) is 0.